The Balaban J connectivity index is 1.46. The molecule has 0 saturated heterocycles. The van der Waals surface area contributed by atoms with Crippen LogP contribution in [0.5, 0.6) is 5.75 Å². The number of aromatic nitrogens is 3. The first kappa shape index (κ1) is 18.5. The monoisotopic (exact) mass is 396 g/mol. The average molecular weight is 397 g/mol. The average Bonchev–Trinajstić information content (AvgIpc) is 3.26. The van der Waals surface area contributed by atoms with Crippen molar-refractivity contribution in [2.24, 2.45) is 5.92 Å². The van der Waals surface area contributed by atoms with E-state index >= 15 is 0 Å². The Morgan fingerprint density at radius 2 is 2.07 bits per heavy atom. The van der Waals surface area contributed by atoms with Crippen LogP contribution in [0.25, 0.3) is 5.69 Å². The van der Waals surface area contributed by atoms with Gasteiger partial charge in [0.15, 0.2) is 0 Å². The maximum absolute atomic E-state index is 13.1. The van der Waals surface area contributed by atoms with Gasteiger partial charge in [0, 0.05) is 12.1 Å². The highest BCUT2D eigenvalue weighted by Crippen LogP contribution is 2.31. The van der Waals surface area contributed by atoms with Gasteiger partial charge in [-0.2, -0.15) is 5.10 Å². The van der Waals surface area contributed by atoms with Crippen LogP contribution in [0.2, 0.25) is 5.02 Å². The molecule has 2 aromatic carbocycles. The maximum atomic E-state index is 13.1. The van der Waals surface area contributed by atoms with Crippen molar-refractivity contribution in [2.75, 3.05) is 13.7 Å². The first-order valence-electron chi connectivity index (χ1n) is 9.16. The molecule has 1 aliphatic heterocycles. The Morgan fingerprint density at radius 3 is 2.79 bits per heavy atom. The molecule has 1 amide bonds. The fourth-order valence-corrected chi connectivity index (χ4v) is 3.67. The van der Waals surface area contributed by atoms with Crippen LogP contribution in [-0.4, -0.2) is 39.2 Å². The summed E-state index contributed by atoms with van der Waals surface area (Å²) in [5.41, 5.74) is 2.96. The normalized spacial score (nSPS) is 16.8. The van der Waals surface area contributed by atoms with E-state index in [2.05, 4.69) is 10.1 Å². The third-order valence-corrected chi connectivity index (χ3v) is 5.50. The lowest BCUT2D eigenvalue weighted by atomic mass is 9.94. The number of amides is 1. The summed E-state index contributed by atoms with van der Waals surface area (Å²) in [5, 5.41) is 4.78. The Hall–Kier alpha value is -2.86. The molecule has 6 nitrogen and oxygen atoms in total. The Labute approximate surface area is 168 Å². The summed E-state index contributed by atoms with van der Waals surface area (Å²) in [5.74, 6) is 0.666. The molecule has 0 saturated carbocycles. The van der Waals surface area contributed by atoms with Crippen LogP contribution in [-0.2, 0) is 11.2 Å². The molecular formula is C21H21ClN4O2. The van der Waals surface area contributed by atoms with Crippen LogP contribution in [0.3, 0.4) is 0 Å². The lowest BCUT2D eigenvalue weighted by Crippen LogP contribution is -2.39. The van der Waals surface area contributed by atoms with Gasteiger partial charge in [0.25, 0.3) is 0 Å². The molecule has 0 fully saturated rings. The van der Waals surface area contributed by atoms with Crippen molar-refractivity contribution in [3.8, 4) is 11.4 Å². The molecular weight excluding hydrogens is 376 g/mol. The minimum Gasteiger partial charge on any atom is -0.492 e. The first-order chi connectivity index (χ1) is 13.5. The van der Waals surface area contributed by atoms with Crippen LogP contribution in [0.4, 0.5) is 0 Å². The second-order valence-electron chi connectivity index (χ2n) is 7.02. The minimum atomic E-state index is -0.215. The topological polar surface area (TPSA) is 60.2 Å². The molecule has 2 atom stereocenters. The number of nitrogens with zero attached hydrogens (tertiary/aromatic N) is 4. The van der Waals surface area contributed by atoms with Crippen LogP contribution in [0.1, 0.15) is 24.1 Å². The zero-order chi connectivity index (χ0) is 19.7. The number of carbonyl (C=O) groups excluding carboxylic acids is 1. The highest BCUT2D eigenvalue weighted by molar-refractivity contribution is 6.30. The van der Waals surface area contributed by atoms with E-state index in [9.17, 15) is 4.79 Å². The fraction of sp³-hybridized carbons (Fsp3) is 0.286. The van der Waals surface area contributed by atoms with Crippen molar-refractivity contribution in [3.63, 3.8) is 0 Å². The third-order valence-electron chi connectivity index (χ3n) is 5.27. The molecule has 2 heterocycles. The molecule has 0 unspecified atom stereocenters. The molecule has 28 heavy (non-hydrogen) atoms. The van der Waals surface area contributed by atoms with Gasteiger partial charge in [-0.25, -0.2) is 9.67 Å². The van der Waals surface area contributed by atoms with E-state index < -0.39 is 0 Å². The van der Waals surface area contributed by atoms with Gasteiger partial charge in [0.05, 0.1) is 17.6 Å². The molecule has 0 radical (unpaired) electrons. The molecule has 7 heteroatoms. The number of fused-ring (bicyclic) bond motifs is 1. The summed E-state index contributed by atoms with van der Waals surface area (Å²) >= 11 is 6.09. The zero-order valence-electron chi connectivity index (χ0n) is 15.7. The maximum Gasteiger partial charge on any atom is 0.229 e. The Kier molecular flexibility index (Phi) is 5.05. The Morgan fingerprint density at radius 1 is 1.29 bits per heavy atom. The summed E-state index contributed by atoms with van der Waals surface area (Å²) in [6.07, 6.45) is 3.79. The van der Waals surface area contributed by atoms with Crippen molar-refractivity contribution in [2.45, 2.75) is 19.4 Å². The van der Waals surface area contributed by atoms with Crippen LogP contribution in [0.15, 0.2) is 55.1 Å². The lowest BCUT2D eigenvalue weighted by molar-refractivity contribution is -0.137. The van der Waals surface area contributed by atoms with E-state index in [1.54, 1.807) is 22.0 Å². The predicted octanol–water partition coefficient (Wildman–Crippen LogP) is 3.69. The summed E-state index contributed by atoms with van der Waals surface area (Å²) < 4.78 is 7.48. The number of ether oxygens (including phenoxy) is 1. The van der Waals surface area contributed by atoms with E-state index in [1.807, 2.05) is 50.4 Å². The summed E-state index contributed by atoms with van der Waals surface area (Å²) in [7, 11) is 1.84. The van der Waals surface area contributed by atoms with Gasteiger partial charge < -0.3 is 9.64 Å². The standard InChI is InChI=1S/C21H21ClN4O2/c1-14(15-3-6-19(7-4-15)26-13-23-12-24-26)25(2)21(27)17-9-16-10-18(22)5-8-20(16)28-11-17/h3-8,10,12-14,17H,9,11H2,1-2H3/t14-,17+/m1/s1. The van der Waals surface area contributed by atoms with E-state index in [0.717, 1.165) is 22.6 Å². The van der Waals surface area contributed by atoms with Crippen molar-refractivity contribution in [1.29, 1.82) is 0 Å². The van der Waals surface area contributed by atoms with Crippen LogP contribution >= 0.6 is 11.6 Å². The molecule has 144 valence electrons. The SMILES string of the molecule is C[C@H](c1ccc(-n2cncn2)cc1)N(C)C(=O)[C@@H]1COc2ccc(Cl)cc2C1. The summed E-state index contributed by atoms with van der Waals surface area (Å²) in [4.78, 5) is 18.8. The zero-order valence-corrected chi connectivity index (χ0v) is 16.5. The van der Waals surface area contributed by atoms with Gasteiger partial charge in [0.2, 0.25) is 5.91 Å². The number of hydrogen-bond acceptors (Lipinski definition) is 4. The molecule has 0 bridgehead atoms. The number of rotatable bonds is 4. The van der Waals surface area contributed by atoms with Crippen molar-refractivity contribution < 1.29 is 9.53 Å². The quantitative estimate of drug-likeness (QED) is 0.674. The van der Waals surface area contributed by atoms with E-state index in [-0.39, 0.29) is 17.9 Å². The Bertz CT molecular complexity index is 973. The van der Waals surface area contributed by atoms with Crippen LogP contribution < -0.4 is 4.74 Å². The smallest absolute Gasteiger partial charge is 0.229 e. The number of carbonyl (C=O) groups is 1. The highest BCUT2D eigenvalue weighted by atomic mass is 35.5. The van der Waals surface area contributed by atoms with Crippen molar-refractivity contribution in [3.05, 3.63) is 71.3 Å². The van der Waals surface area contributed by atoms with Crippen LogP contribution in [0, 0.1) is 5.92 Å². The summed E-state index contributed by atoms with van der Waals surface area (Å²) in [6, 6.07) is 13.5. The molecule has 1 aliphatic rings. The lowest BCUT2D eigenvalue weighted by Gasteiger charge is -2.32. The van der Waals surface area contributed by atoms with Crippen molar-refractivity contribution in [1.82, 2.24) is 19.7 Å². The largest absolute Gasteiger partial charge is 0.492 e. The number of halogens is 1. The molecule has 0 spiro atoms. The number of benzene rings is 2. The molecule has 1 aromatic heterocycles. The second kappa shape index (κ2) is 7.64. The van der Waals surface area contributed by atoms with Gasteiger partial charge in [-0.15, -0.1) is 0 Å². The van der Waals surface area contributed by atoms with E-state index in [1.165, 1.54) is 6.33 Å². The number of hydrogen-bond donors (Lipinski definition) is 0. The van der Waals surface area contributed by atoms with Gasteiger partial charge in [0.1, 0.15) is 25.0 Å². The fourth-order valence-electron chi connectivity index (χ4n) is 3.47. The molecule has 3 aromatic rings. The molecule has 4 rings (SSSR count). The molecule has 0 N–H and O–H groups in total. The third kappa shape index (κ3) is 3.60. The van der Waals surface area contributed by atoms with Gasteiger partial charge in [-0.05, 0) is 54.8 Å². The summed E-state index contributed by atoms with van der Waals surface area (Å²) in [6.45, 7) is 2.41. The molecule has 0 aliphatic carbocycles. The van der Waals surface area contributed by atoms with Gasteiger partial charge >= 0.3 is 0 Å². The first-order valence-corrected chi connectivity index (χ1v) is 9.53. The predicted molar refractivity (Wildman–Crippen MR) is 107 cm³/mol. The van der Waals surface area contributed by atoms with E-state index in [4.69, 9.17) is 16.3 Å². The van der Waals surface area contributed by atoms with Gasteiger partial charge in [-0.3, -0.25) is 4.79 Å². The van der Waals surface area contributed by atoms with E-state index in [0.29, 0.717) is 18.1 Å². The van der Waals surface area contributed by atoms with Gasteiger partial charge in [-0.1, -0.05) is 23.7 Å². The van der Waals surface area contributed by atoms with Crippen molar-refractivity contribution >= 4 is 17.5 Å². The second-order valence-corrected chi connectivity index (χ2v) is 7.46. The highest BCUT2D eigenvalue weighted by Gasteiger charge is 2.30. The minimum absolute atomic E-state index is 0.0574.